The summed E-state index contributed by atoms with van der Waals surface area (Å²) in [5.74, 6) is -0.480. The van der Waals surface area contributed by atoms with Crippen LogP contribution >= 0.6 is 15.9 Å². The predicted octanol–water partition coefficient (Wildman–Crippen LogP) is 3.60. The minimum atomic E-state index is -3.97. The molecule has 10 heteroatoms. The fraction of sp³-hybridized carbons (Fsp3) is 0.526. The third-order valence-electron chi connectivity index (χ3n) is 4.67. The summed E-state index contributed by atoms with van der Waals surface area (Å²) in [6.45, 7) is 8.88. The number of aryl methyl sites for hydroxylation is 1. The van der Waals surface area contributed by atoms with Crippen molar-refractivity contribution in [3.63, 3.8) is 0 Å². The number of hydrogen-bond acceptors (Lipinski definition) is 4. The van der Waals surface area contributed by atoms with Gasteiger partial charge in [-0.05, 0) is 58.9 Å². The maximum absolute atomic E-state index is 15.0. The molecule has 2 rings (SSSR count). The Morgan fingerprint density at radius 1 is 1.21 bits per heavy atom. The Kier molecular flexibility index (Phi) is 6.84. The van der Waals surface area contributed by atoms with Crippen LogP contribution in [-0.2, 0) is 26.4 Å². The molecule has 162 valence electrons. The Bertz CT molecular complexity index is 1050. The van der Waals surface area contributed by atoms with Crippen molar-refractivity contribution in [2.75, 3.05) is 19.8 Å². The highest BCUT2D eigenvalue weighted by Gasteiger charge is 2.41. The molecule has 0 saturated heterocycles. The van der Waals surface area contributed by atoms with Gasteiger partial charge in [-0.2, -0.15) is 17.8 Å². The molecule has 1 aromatic carbocycles. The van der Waals surface area contributed by atoms with Crippen LogP contribution in [0.4, 0.5) is 4.39 Å². The van der Waals surface area contributed by atoms with Gasteiger partial charge in [-0.1, -0.05) is 15.9 Å². The van der Waals surface area contributed by atoms with Gasteiger partial charge in [0.25, 0.3) is 0 Å². The van der Waals surface area contributed by atoms with Crippen molar-refractivity contribution in [3.05, 3.63) is 51.5 Å². The van der Waals surface area contributed by atoms with Crippen molar-refractivity contribution in [3.8, 4) is 0 Å². The van der Waals surface area contributed by atoms with Gasteiger partial charge < -0.3 is 0 Å². The van der Waals surface area contributed by atoms with Crippen molar-refractivity contribution in [2.24, 2.45) is 0 Å². The largest absolute Gasteiger partial charge is 0.322 e. The van der Waals surface area contributed by atoms with E-state index in [1.54, 1.807) is 32.0 Å². The highest BCUT2D eigenvalue weighted by molar-refractivity contribution is 9.10. The van der Waals surface area contributed by atoms with Crippen molar-refractivity contribution < 1.29 is 17.0 Å². The number of hydrogen-bond donors (Lipinski definition) is 0. The second kappa shape index (κ2) is 8.20. The minimum absolute atomic E-state index is 0.0257. The standard InChI is InChI=1S/C19H27BrFN3O3S2/c1-13-10-17(24(22-13)29(26,27)23(6)7)19(5,12-28(25)18(2,3)4)15-11-14(20)8-9-16(15)21/h8-11H,12H2,1-7H3. The zero-order chi connectivity index (χ0) is 22.4. The fourth-order valence-electron chi connectivity index (χ4n) is 2.87. The molecule has 1 aromatic heterocycles. The Labute approximate surface area is 183 Å². The van der Waals surface area contributed by atoms with E-state index >= 15 is 0 Å². The van der Waals surface area contributed by atoms with E-state index < -0.39 is 37.0 Å². The van der Waals surface area contributed by atoms with Gasteiger partial charge in [0.05, 0.1) is 16.8 Å². The molecular formula is C19H27BrFN3O3S2. The predicted molar refractivity (Wildman–Crippen MR) is 118 cm³/mol. The molecule has 0 amide bonds. The topological polar surface area (TPSA) is 72.3 Å². The Morgan fingerprint density at radius 2 is 1.79 bits per heavy atom. The van der Waals surface area contributed by atoms with E-state index in [-0.39, 0.29) is 17.0 Å². The molecule has 2 unspecified atom stereocenters. The molecule has 1 heterocycles. The van der Waals surface area contributed by atoms with Gasteiger partial charge in [0.1, 0.15) is 5.82 Å². The lowest BCUT2D eigenvalue weighted by Gasteiger charge is -2.33. The van der Waals surface area contributed by atoms with Gasteiger partial charge in [0, 0.05) is 45.4 Å². The summed E-state index contributed by atoms with van der Waals surface area (Å²) in [6, 6.07) is 6.09. The first-order valence-electron chi connectivity index (χ1n) is 8.95. The molecule has 29 heavy (non-hydrogen) atoms. The monoisotopic (exact) mass is 507 g/mol. The first-order valence-corrected chi connectivity index (χ1v) is 12.5. The average molecular weight is 508 g/mol. The average Bonchev–Trinajstić information content (AvgIpc) is 2.99. The lowest BCUT2D eigenvalue weighted by molar-refractivity contribution is 0.484. The van der Waals surface area contributed by atoms with E-state index in [0.717, 1.165) is 8.39 Å². The van der Waals surface area contributed by atoms with E-state index in [4.69, 9.17) is 0 Å². The zero-order valence-electron chi connectivity index (χ0n) is 17.7. The van der Waals surface area contributed by atoms with Crippen LogP contribution in [0, 0.1) is 12.7 Å². The summed E-state index contributed by atoms with van der Waals surface area (Å²) in [6.07, 6.45) is 0. The highest BCUT2D eigenvalue weighted by atomic mass is 79.9. The van der Waals surface area contributed by atoms with Crippen LogP contribution in [0.25, 0.3) is 0 Å². The lowest BCUT2D eigenvalue weighted by Crippen LogP contribution is -2.41. The zero-order valence-corrected chi connectivity index (χ0v) is 20.9. The fourth-order valence-corrected chi connectivity index (χ4v) is 5.53. The molecule has 2 aromatic rings. The summed E-state index contributed by atoms with van der Waals surface area (Å²) in [5.41, 5.74) is -0.234. The van der Waals surface area contributed by atoms with Crippen LogP contribution < -0.4 is 0 Å². The minimum Gasteiger partial charge on any atom is -0.259 e. The molecule has 0 aliphatic carbocycles. The Morgan fingerprint density at radius 3 is 2.31 bits per heavy atom. The number of halogens is 2. The number of nitrogens with zero attached hydrogens (tertiary/aromatic N) is 3. The van der Waals surface area contributed by atoms with Crippen molar-refractivity contribution in [2.45, 2.75) is 44.8 Å². The summed E-state index contributed by atoms with van der Waals surface area (Å²) in [7, 11) is -2.55. The van der Waals surface area contributed by atoms with Crippen LogP contribution in [0.15, 0.2) is 28.7 Å². The Balaban J connectivity index is 2.87. The summed E-state index contributed by atoms with van der Waals surface area (Å²) in [5, 5.41) is 4.17. The SMILES string of the molecule is Cc1cc(C(C)(CS(=O)C(C)(C)C)c2cc(Br)ccc2F)n(S(=O)(=O)N(C)C)n1. The molecule has 2 atom stereocenters. The normalized spacial score (nSPS) is 16.1. The van der Waals surface area contributed by atoms with E-state index in [9.17, 15) is 17.0 Å². The molecule has 0 N–H and O–H groups in total. The molecule has 0 bridgehead atoms. The second-order valence-electron chi connectivity index (χ2n) is 8.36. The third-order valence-corrected chi connectivity index (χ3v) is 9.01. The van der Waals surface area contributed by atoms with Gasteiger partial charge in [-0.15, -0.1) is 4.09 Å². The van der Waals surface area contributed by atoms with Crippen LogP contribution in [0.2, 0.25) is 0 Å². The second-order valence-corrected chi connectivity index (χ2v) is 13.5. The van der Waals surface area contributed by atoms with Crippen LogP contribution in [0.1, 0.15) is 44.6 Å². The quantitative estimate of drug-likeness (QED) is 0.598. The van der Waals surface area contributed by atoms with E-state index in [0.29, 0.717) is 10.2 Å². The first-order chi connectivity index (χ1) is 13.1. The van der Waals surface area contributed by atoms with Gasteiger partial charge in [-0.25, -0.2) is 4.39 Å². The van der Waals surface area contributed by atoms with Crippen molar-refractivity contribution >= 4 is 36.9 Å². The molecule has 0 saturated carbocycles. The smallest absolute Gasteiger partial charge is 0.259 e. The lowest BCUT2D eigenvalue weighted by atomic mass is 9.81. The Hall–Kier alpha value is -1.10. The third kappa shape index (κ3) is 4.81. The molecule has 0 radical (unpaired) electrons. The van der Waals surface area contributed by atoms with Crippen LogP contribution in [0.5, 0.6) is 0 Å². The maximum Gasteiger partial charge on any atom is 0.322 e. The summed E-state index contributed by atoms with van der Waals surface area (Å²) in [4.78, 5) is 0. The molecule has 6 nitrogen and oxygen atoms in total. The van der Waals surface area contributed by atoms with E-state index in [1.807, 2.05) is 20.8 Å². The highest BCUT2D eigenvalue weighted by Crippen LogP contribution is 2.38. The maximum atomic E-state index is 15.0. The van der Waals surface area contributed by atoms with Gasteiger partial charge in [0.2, 0.25) is 0 Å². The summed E-state index contributed by atoms with van der Waals surface area (Å²) >= 11 is 3.36. The number of aromatic nitrogens is 2. The molecule has 0 aliphatic heterocycles. The molecule has 0 spiro atoms. The van der Waals surface area contributed by atoms with Gasteiger partial charge in [-0.3, -0.25) is 4.21 Å². The van der Waals surface area contributed by atoms with Crippen LogP contribution in [0.3, 0.4) is 0 Å². The molecule has 0 aliphatic rings. The number of benzene rings is 1. The summed E-state index contributed by atoms with van der Waals surface area (Å²) < 4.78 is 56.0. The molecular weight excluding hydrogens is 481 g/mol. The van der Waals surface area contributed by atoms with Crippen molar-refractivity contribution in [1.29, 1.82) is 0 Å². The van der Waals surface area contributed by atoms with Crippen LogP contribution in [-0.4, -0.2) is 50.7 Å². The van der Waals surface area contributed by atoms with Gasteiger partial charge in [0.15, 0.2) is 0 Å². The first kappa shape index (κ1) is 24.2. The molecule has 0 fully saturated rings. The van der Waals surface area contributed by atoms with Crippen molar-refractivity contribution in [1.82, 2.24) is 13.5 Å². The van der Waals surface area contributed by atoms with E-state index in [1.165, 1.54) is 20.2 Å². The number of rotatable bonds is 6. The van der Waals surface area contributed by atoms with Gasteiger partial charge >= 0.3 is 10.2 Å². The van der Waals surface area contributed by atoms with E-state index in [2.05, 4.69) is 21.0 Å².